The Morgan fingerprint density at radius 2 is 1.85 bits per heavy atom. The lowest BCUT2D eigenvalue weighted by Gasteiger charge is -2.13. The van der Waals surface area contributed by atoms with Crippen molar-refractivity contribution in [3.8, 4) is 5.69 Å². The van der Waals surface area contributed by atoms with Crippen molar-refractivity contribution in [2.45, 2.75) is 26.1 Å². The van der Waals surface area contributed by atoms with Crippen LogP contribution in [-0.2, 0) is 0 Å². The summed E-state index contributed by atoms with van der Waals surface area (Å²) in [6.07, 6.45) is 0. The number of hydrogen-bond donors (Lipinski definition) is 0. The number of alkyl halides is 1. The zero-order valence-electron chi connectivity index (χ0n) is 11.9. The zero-order chi connectivity index (χ0) is 14.3. The molecule has 2 aromatic carbocycles. The van der Waals surface area contributed by atoms with Gasteiger partial charge in [0.05, 0.1) is 22.1 Å². The summed E-state index contributed by atoms with van der Waals surface area (Å²) < 4.78 is 2.17. The van der Waals surface area contributed by atoms with Crippen molar-refractivity contribution in [1.29, 1.82) is 0 Å². The number of rotatable bonds is 2. The van der Waals surface area contributed by atoms with E-state index < -0.39 is 0 Å². The third kappa shape index (κ3) is 2.10. The molecule has 0 spiro atoms. The summed E-state index contributed by atoms with van der Waals surface area (Å²) in [5.74, 6) is 0.889. The van der Waals surface area contributed by atoms with Crippen LogP contribution in [0.3, 0.4) is 0 Å². The number of aromatic nitrogens is 2. The van der Waals surface area contributed by atoms with Crippen LogP contribution in [0.2, 0.25) is 0 Å². The number of hydrogen-bond acceptors (Lipinski definition) is 1. The van der Waals surface area contributed by atoms with Crippen molar-refractivity contribution < 1.29 is 0 Å². The van der Waals surface area contributed by atoms with E-state index in [1.54, 1.807) is 0 Å². The molecule has 3 rings (SSSR count). The van der Waals surface area contributed by atoms with Gasteiger partial charge in [0.15, 0.2) is 0 Å². The lowest BCUT2D eigenvalue weighted by Crippen LogP contribution is -2.03. The van der Waals surface area contributed by atoms with Crippen LogP contribution in [0.4, 0.5) is 0 Å². The number of fused-ring (bicyclic) bond motifs is 1. The summed E-state index contributed by atoms with van der Waals surface area (Å²) in [6.45, 7) is 6.19. The predicted octanol–water partition coefficient (Wildman–Crippen LogP) is 4.94. The van der Waals surface area contributed by atoms with Gasteiger partial charge in [-0.05, 0) is 44.5 Å². The van der Waals surface area contributed by atoms with E-state index in [1.165, 1.54) is 11.1 Å². The topological polar surface area (TPSA) is 17.8 Å². The first-order valence-electron chi connectivity index (χ1n) is 6.77. The number of nitrogens with zero attached hydrogens (tertiary/aromatic N) is 2. The number of halogens is 1. The molecular weight excluding hydrogens is 268 g/mol. The summed E-state index contributed by atoms with van der Waals surface area (Å²) in [5, 5.41) is -0.136. The smallest absolute Gasteiger partial charge is 0.132 e. The van der Waals surface area contributed by atoms with Gasteiger partial charge in [0.2, 0.25) is 0 Å². The molecule has 3 aromatic rings. The van der Waals surface area contributed by atoms with E-state index in [1.807, 2.05) is 25.1 Å². The highest BCUT2D eigenvalue weighted by atomic mass is 35.5. The van der Waals surface area contributed by atoms with E-state index in [4.69, 9.17) is 11.6 Å². The van der Waals surface area contributed by atoms with Gasteiger partial charge in [-0.3, -0.25) is 4.57 Å². The van der Waals surface area contributed by atoms with Gasteiger partial charge >= 0.3 is 0 Å². The molecule has 1 atom stereocenters. The van der Waals surface area contributed by atoms with E-state index in [-0.39, 0.29) is 5.38 Å². The third-order valence-corrected chi connectivity index (χ3v) is 3.73. The largest absolute Gasteiger partial charge is 0.295 e. The van der Waals surface area contributed by atoms with Crippen molar-refractivity contribution in [2.75, 3.05) is 0 Å². The van der Waals surface area contributed by atoms with Gasteiger partial charge in [0.25, 0.3) is 0 Å². The van der Waals surface area contributed by atoms with Crippen LogP contribution in [-0.4, -0.2) is 9.55 Å². The molecule has 0 fully saturated rings. The van der Waals surface area contributed by atoms with Crippen molar-refractivity contribution in [3.63, 3.8) is 0 Å². The highest BCUT2D eigenvalue weighted by molar-refractivity contribution is 6.20. The summed E-state index contributed by atoms with van der Waals surface area (Å²) in [4.78, 5) is 4.68. The minimum Gasteiger partial charge on any atom is -0.295 e. The molecule has 0 aliphatic heterocycles. The van der Waals surface area contributed by atoms with Crippen molar-refractivity contribution >= 4 is 22.6 Å². The van der Waals surface area contributed by atoms with Crippen LogP contribution in [0.25, 0.3) is 16.7 Å². The first-order chi connectivity index (χ1) is 9.58. The minimum atomic E-state index is -0.136. The summed E-state index contributed by atoms with van der Waals surface area (Å²) in [7, 11) is 0. The second-order valence-electron chi connectivity index (χ2n) is 5.20. The van der Waals surface area contributed by atoms with Gasteiger partial charge < -0.3 is 0 Å². The molecule has 0 N–H and O–H groups in total. The molecule has 3 heteroatoms. The van der Waals surface area contributed by atoms with E-state index in [0.29, 0.717) is 0 Å². The van der Waals surface area contributed by atoms with Gasteiger partial charge in [-0.15, -0.1) is 11.6 Å². The number of aryl methyl sites for hydroxylation is 2. The lowest BCUT2D eigenvalue weighted by molar-refractivity contribution is 0.878. The summed E-state index contributed by atoms with van der Waals surface area (Å²) >= 11 is 6.33. The Labute approximate surface area is 124 Å². The van der Waals surface area contributed by atoms with Gasteiger partial charge in [-0.2, -0.15) is 0 Å². The minimum absolute atomic E-state index is 0.136. The lowest BCUT2D eigenvalue weighted by atomic mass is 10.1. The van der Waals surface area contributed by atoms with Crippen LogP contribution >= 0.6 is 11.6 Å². The Morgan fingerprint density at radius 1 is 1.10 bits per heavy atom. The quantitative estimate of drug-likeness (QED) is 0.609. The molecule has 2 nitrogen and oxygen atoms in total. The molecule has 0 bridgehead atoms. The van der Waals surface area contributed by atoms with Crippen LogP contribution in [0, 0.1) is 13.8 Å². The fourth-order valence-electron chi connectivity index (χ4n) is 2.62. The Bertz CT molecular complexity index is 772. The van der Waals surface area contributed by atoms with Crippen molar-refractivity contribution in [2.24, 2.45) is 0 Å². The Hall–Kier alpha value is -1.80. The van der Waals surface area contributed by atoms with Crippen LogP contribution in [0.5, 0.6) is 0 Å². The first-order valence-corrected chi connectivity index (χ1v) is 7.20. The highest BCUT2D eigenvalue weighted by Crippen LogP contribution is 2.29. The monoisotopic (exact) mass is 284 g/mol. The van der Waals surface area contributed by atoms with Gasteiger partial charge in [0.1, 0.15) is 5.82 Å². The molecule has 1 unspecified atom stereocenters. The molecule has 0 saturated heterocycles. The summed E-state index contributed by atoms with van der Waals surface area (Å²) in [6, 6.07) is 14.6. The van der Waals surface area contributed by atoms with E-state index in [0.717, 1.165) is 22.5 Å². The fourth-order valence-corrected chi connectivity index (χ4v) is 2.77. The molecule has 0 aliphatic carbocycles. The maximum Gasteiger partial charge on any atom is 0.132 e. The molecule has 0 aliphatic rings. The number of benzene rings is 2. The Morgan fingerprint density at radius 3 is 2.55 bits per heavy atom. The first kappa shape index (κ1) is 13.2. The van der Waals surface area contributed by atoms with Crippen LogP contribution in [0.15, 0.2) is 42.5 Å². The molecule has 20 heavy (non-hydrogen) atoms. The van der Waals surface area contributed by atoms with Crippen LogP contribution < -0.4 is 0 Å². The molecule has 0 radical (unpaired) electrons. The average molecular weight is 285 g/mol. The fraction of sp³-hybridized carbons (Fsp3) is 0.235. The number of imidazole rings is 1. The van der Waals surface area contributed by atoms with E-state index in [9.17, 15) is 0 Å². The maximum atomic E-state index is 6.33. The SMILES string of the molecule is Cc1ccc(-n2c(C(C)Cl)nc3ccccc32)c(C)c1. The third-order valence-electron chi connectivity index (χ3n) is 3.54. The molecule has 0 amide bonds. The van der Waals surface area contributed by atoms with Crippen molar-refractivity contribution in [1.82, 2.24) is 9.55 Å². The Balaban J connectivity index is 2.36. The molecular formula is C17H17ClN2. The normalized spacial score (nSPS) is 12.8. The van der Waals surface area contributed by atoms with Gasteiger partial charge in [0, 0.05) is 0 Å². The average Bonchev–Trinajstić information content (AvgIpc) is 2.78. The molecule has 1 aromatic heterocycles. The molecule has 102 valence electrons. The Kier molecular flexibility index (Phi) is 3.27. The second kappa shape index (κ2) is 4.95. The second-order valence-corrected chi connectivity index (χ2v) is 5.85. The summed E-state index contributed by atoms with van der Waals surface area (Å²) in [5.41, 5.74) is 5.71. The van der Waals surface area contributed by atoms with Gasteiger partial charge in [-0.25, -0.2) is 4.98 Å². The maximum absolute atomic E-state index is 6.33. The van der Waals surface area contributed by atoms with E-state index >= 15 is 0 Å². The zero-order valence-corrected chi connectivity index (χ0v) is 12.6. The highest BCUT2D eigenvalue weighted by Gasteiger charge is 2.17. The van der Waals surface area contributed by atoms with Crippen LogP contribution in [0.1, 0.15) is 29.3 Å². The standard InChI is InChI=1S/C17H17ClN2/c1-11-8-9-15(12(2)10-11)20-16-7-5-4-6-14(16)19-17(20)13(3)18/h4-10,13H,1-3H3. The molecule has 1 heterocycles. The predicted molar refractivity (Wildman–Crippen MR) is 84.8 cm³/mol. The van der Waals surface area contributed by atoms with E-state index in [2.05, 4.69) is 47.7 Å². The number of para-hydroxylation sites is 2. The van der Waals surface area contributed by atoms with Crippen molar-refractivity contribution in [3.05, 3.63) is 59.4 Å². The van der Waals surface area contributed by atoms with Gasteiger partial charge in [-0.1, -0.05) is 29.8 Å². The molecule has 0 saturated carbocycles.